The van der Waals surface area contributed by atoms with Crippen LogP contribution in [0.1, 0.15) is 16.4 Å². The lowest BCUT2D eigenvalue weighted by Crippen LogP contribution is -2.57. The predicted molar refractivity (Wildman–Crippen MR) is 128 cm³/mol. The van der Waals surface area contributed by atoms with Crippen LogP contribution in [0.4, 0.5) is 11.5 Å². The summed E-state index contributed by atoms with van der Waals surface area (Å²) in [5, 5.41) is 10.9. The van der Waals surface area contributed by atoms with Gasteiger partial charge in [0.15, 0.2) is 5.82 Å². The number of carbonyl (C=O) groups excluding carboxylic acids is 1. The molecule has 32 heavy (non-hydrogen) atoms. The summed E-state index contributed by atoms with van der Waals surface area (Å²) in [7, 11) is 0. The van der Waals surface area contributed by atoms with Crippen LogP contribution in [0.25, 0.3) is 11.0 Å². The van der Waals surface area contributed by atoms with Crippen molar-refractivity contribution in [2.24, 2.45) is 0 Å². The molecule has 5 rings (SSSR count). The van der Waals surface area contributed by atoms with Crippen molar-refractivity contribution >= 4 is 63.2 Å². The van der Waals surface area contributed by atoms with Crippen LogP contribution in [0.15, 0.2) is 61.1 Å². The van der Waals surface area contributed by atoms with E-state index in [9.17, 15) is 4.79 Å². The van der Waals surface area contributed by atoms with E-state index in [4.69, 9.17) is 34.8 Å². The van der Waals surface area contributed by atoms with Gasteiger partial charge in [-0.1, -0.05) is 40.9 Å². The summed E-state index contributed by atoms with van der Waals surface area (Å²) >= 11 is 18.7. The minimum Gasteiger partial charge on any atom is -0.366 e. The third-order valence-corrected chi connectivity index (χ3v) is 6.31. The van der Waals surface area contributed by atoms with Gasteiger partial charge in [0, 0.05) is 18.3 Å². The van der Waals surface area contributed by atoms with Crippen LogP contribution >= 0.6 is 34.8 Å². The minimum atomic E-state index is -0.305. The zero-order valence-corrected chi connectivity index (χ0v) is 18.8. The fraction of sp³-hybridized carbons (Fsp3) is 0.136. The quantitative estimate of drug-likeness (QED) is 0.359. The van der Waals surface area contributed by atoms with E-state index in [0.717, 1.165) is 12.1 Å². The van der Waals surface area contributed by atoms with Crippen LogP contribution in [0, 0.1) is 0 Å². The van der Waals surface area contributed by atoms with Crippen molar-refractivity contribution in [1.82, 2.24) is 19.9 Å². The number of nitrogens with zero attached hydrogens (tertiary/aromatic N) is 3. The average Bonchev–Trinajstić information content (AvgIpc) is 3.17. The molecule has 0 aliphatic carbocycles. The SMILES string of the molecule is O=C(Nc1ncccc1Cl)c1ccc2c(c1)ncn2C1CNC1Nc1c(Cl)cccc1Cl. The minimum absolute atomic E-state index is 0.0703. The Morgan fingerprint density at radius 2 is 1.81 bits per heavy atom. The summed E-state index contributed by atoms with van der Waals surface area (Å²) in [5.41, 5.74) is 2.79. The number of para-hydroxylation sites is 1. The van der Waals surface area contributed by atoms with E-state index < -0.39 is 0 Å². The molecule has 1 fully saturated rings. The Balaban J connectivity index is 1.36. The second kappa shape index (κ2) is 8.60. The first kappa shape index (κ1) is 21.0. The molecule has 7 nitrogen and oxygen atoms in total. The fourth-order valence-corrected chi connectivity index (χ4v) is 4.31. The molecule has 0 spiro atoms. The zero-order chi connectivity index (χ0) is 22.2. The number of nitrogens with one attached hydrogen (secondary N) is 3. The second-order valence-electron chi connectivity index (χ2n) is 7.34. The number of rotatable bonds is 5. The van der Waals surface area contributed by atoms with Gasteiger partial charge in [-0.25, -0.2) is 9.97 Å². The molecule has 1 amide bonds. The Morgan fingerprint density at radius 3 is 2.53 bits per heavy atom. The van der Waals surface area contributed by atoms with E-state index in [1.54, 1.807) is 55.0 Å². The van der Waals surface area contributed by atoms with E-state index in [1.165, 1.54) is 0 Å². The van der Waals surface area contributed by atoms with Crippen molar-refractivity contribution in [3.63, 3.8) is 0 Å². The Bertz CT molecular complexity index is 1300. The van der Waals surface area contributed by atoms with E-state index >= 15 is 0 Å². The standard InChI is InChI=1S/C22H17Cl3N6O/c23-13-3-1-4-14(24)19(13)29-21-18(10-27-21)31-11-28-16-9-12(6-7-17(16)31)22(32)30-20-15(25)5-2-8-26-20/h1-9,11,18,21,27,29H,10H2,(H,26,30,32). The third kappa shape index (κ3) is 3.89. The summed E-state index contributed by atoms with van der Waals surface area (Å²) in [6, 6.07) is 14.2. The van der Waals surface area contributed by atoms with Crippen LogP contribution in [0.2, 0.25) is 15.1 Å². The monoisotopic (exact) mass is 486 g/mol. The van der Waals surface area contributed by atoms with Crippen LogP contribution in [-0.2, 0) is 0 Å². The second-order valence-corrected chi connectivity index (χ2v) is 8.56. The average molecular weight is 488 g/mol. The van der Waals surface area contributed by atoms with E-state index in [2.05, 4.69) is 30.5 Å². The first-order chi connectivity index (χ1) is 15.5. The fourth-order valence-electron chi connectivity index (χ4n) is 3.63. The molecule has 2 aromatic carbocycles. The van der Waals surface area contributed by atoms with Crippen LogP contribution in [0.3, 0.4) is 0 Å². The van der Waals surface area contributed by atoms with Gasteiger partial charge in [0.1, 0.15) is 0 Å². The van der Waals surface area contributed by atoms with Crippen LogP contribution in [0.5, 0.6) is 0 Å². The maximum Gasteiger partial charge on any atom is 0.256 e. The van der Waals surface area contributed by atoms with Gasteiger partial charge in [0.05, 0.1) is 50.3 Å². The van der Waals surface area contributed by atoms with Crippen molar-refractivity contribution < 1.29 is 4.79 Å². The molecule has 2 atom stereocenters. The molecular weight excluding hydrogens is 471 g/mol. The molecule has 1 saturated heterocycles. The number of benzene rings is 2. The number of amides is 1. The number of pyridine rings is 1. The summed E-state index contributed by atoms with van der Waals surface area (Å²) in [6.07, 6.45) is 3.27. The summed E-state index contributed by atoms with van der Waals surface area (Å²) in [5.74, 6) is 0.0118. The zero-order valence-electron chi connectivity index (χ0n) is 16.5. The highest BCUT2D eigenvalue weighted by molar-refractivity contribution is 6.39. The molecule has 3 N–H and O–H groups in total. The lowest BCUT2D eigenvalue weighted by atomic mass is 10.1. The number of halogens is 3. The molecule has 1 aliphatic rings. The predicted octanol–water partition coefficient (Wildman–Crippen LogP) is 5.23. The highest BCUT2D eigenvalue weighted by Crippen LogP contribution is 2.33. The smallest absolute Gasteiger partial charge is 0.256 e. The molecule has 0 radical (unpaired) electrons. The molecule has 1 aliphatic heterocycles. The van der Waals surface area contributed by atoms with Gasteiger partial charge in [0.25, 0.3) is 5.91 Å². The molecule has 2 aromatic heterocycles. The van der Waals surface area contributed by atoms with E-state index in [0.29, 0.717) is 37.7 Å². The van der Waals surface area contributed by atoms with Gasteiger partial charge >= 0.3 is 0 Å². The number of anilines is 2. The summed E-state index contributed by atoms with van der Waals surface area (Å²) in [6.45, 7) is 0.756. The van der Waals surface area contributed by atoms with E-state index in [1.807, 2.05) is 6.07 Å². The summed E-state index contributed by atoms with van der Waals surface area (Å²) < 4.78 is 2.07. The van der Waals surface area contributed by atoms with Gasteiger partial charge < -0.3 is 15.2 Å². The van der Waals surface area contributed by atoms with Gasteiger partial charge in [-0.15, -0.1) is 0 Å². The van der Waals surface area contributed by atoms with E-state index in [-0.39, 0.29) is 18.1 Å². The molecule has 3 heterocycles. The maximum absolute atomic E-state index is 12.6. The highest BCUT2D eigenvalue weighted by atomic mass is 35.5. The molecule has 0 saturated carbocycles. The Morgan fingerprint density at radius 1 is 1.03 bits per heavy atom. The lowest BCUT2D eigenvalue weighted by molar-refractivity contribution is 0.102. The third-order valence-electron chi connectivity index (χ3n) is 5.38. The Kier molecular flexibility index (Phi) is 5.65. The highest BCUT2D eigenvalue weighted by Gasteiger charge is 2.33. The molecule has 162 valence electrons. The number of imidazole rings is 1. The molecule has 0 bridgehead atoms. The molecule has 10 heteroatoms. The first-order valence-electron chi connectivity index (χ1n) is 9.83. The number of aromatic nitrogens is 3. The van der Waals surface area contributed by atoms with Crippen molar-refractivity contribution in [2.75, 3.05) is 17.2 Å². The normalized spacial score (nSPS) is 17.7. The molecule has 2 unspecified atom stereocenters. The van der Waals surface area contributed by atoms with Crippen molar-refractivity contribution in [3.05, 3.63) is 81.7 Å². The molecular formula is C22H17Cl3N6O. The van der Waals surface area contributed by atoms with Gasteiger partial charge in [0.2, 0.25) is 0 Å². The van der Waals surface area contributed by atoms with Crippen molar-refractivity contribution in [1.29, 1.82) is 0 Å². The number of hydrogen-bond donors (Lipinski definition) is 3. The van der Waals surface area contributed by atoms with Crippen molar-refractivity contribution in [2.45, 2.75) is 12.2 Å². The number of carbonyl (C=O) groups is 1. The van der Waals surface area contributed by atoms with Crippen LogP contribution < -0.4 is 16.0 Å². The van der Waals surface area contributed by atoms with Crippen molar-refractivity contribution in [3.8, 4) is 0 Å². The van der Waals surface area contributed by atoms with Gasteiger partial charge in [-0.3, -0.25) is 10.1 Å². The summed E-state index contributed by atoms with van der Waals surface area (Å²) in [4.78, 5) is 21.2. The first-order valence-corrected chi connectivity index (χ1v) is 11.0. The topological polar surface area (TPSA) is 83.9 Å². The Hall–Kier alpha value is -2.84. The Labute approximate surface area is 198 Å². The van der Waals surface area contributed by atoms with Gasteiger partial charge in [-0.2, -0.15) is 0 Å². The number of hydrogen-bond acceptors (Lipinski definition) is 5. The lowest BCUT2D eigenvalue weighted by Gasteiger charge is -2.40. The van der Waals surface area contributed by atoms with Crippen LogP contribution in [-0.4, -0.2) is 33.2 Å². The van der Waals surface area contributed by atoms with Gasteiger partial charge in [-0.05, 0) is 42.5 Å². The maximum atomic E-state index is 12.6. The molecule has 4 aromatic rings. The largest absolute Gasteiger partial charge is 0.366 e. The number of fused-ring (bicyclic) bond motifs is 1.